The van der Waals surface area contributed by atoms with Gasteiger partial charge in [-0.25, -0.2) is 0 Å². The van der Waals surface area contributed by atoms with Crippen LogP contribution in [0.4, 0.5) is 5.69 Å². The van der Waals surface area contributed by atoms with Gasteiger partial charge in [0.2, 0.25) is 0 Å². The molecule has 5 nitrogen and oxygen atoms in total. The Hall–Kier alpha value is -4.22. The fourth-order valence-corrected chi connectivity index (χ4v) is 5.42. The van der Waals surface area contributed by atoms with Gasteiger partial charge in [0, 0.05) is 29.6 Å². The maximum Gasteiger partial charge on any atom is 0.186 e. The quantitative estimate of drug-likeness (QED) is 0.547. The number of carbonyl (C=O) groups excluding carboxylic acids is 1. The van der Waals surface area contributed by atoms with Gasteiger partial charge in [-0.3, -0.25) is 9.78 Å². The number of hydrogen-bond acceptors (Lipinski definition) is 5. The van der Waals surface area contributed by atoms with Gasteiger partial charge >= 0.3 is 0 Å². The van der Waals surface area contributed by atoms with Crippen molar-refractivity contribution in [2.75, 3.05) is 4.90 Å². The van der Waals surface area contributed by atoms with Gasteiger partial charge in [-0.05, 0) is 42.7 Å². The van der Waals surface area contributed by atoms with Crippen molar-refractivity contribution in [3.63, 3.8) is 0 Å². The van der Waals surface area contributed by atoms with E-state index in [1.165, 1.54) is 0 Å². The smallest absolute Gasteiger partial charge is 0.186 e. The molecule has 3 atom stereocenters. The molecule has 0 aliphatic carbocycles. The molecule has 3 unspecified atom stereocenters. The summed E-state index contributed by atoms with van der Waals surface area (Å²) in [6.45, 7) is 3.92. The Balaban J connectivity index is 1.79. The second kappa shape index (κ2) is 7.73. The molecule has 5 rings (SSSR count). The van der Waals surface area contributed by atoms with Crippen molar-refractivity contribution in [1.29, 1.82) is 10.5 Å². The molecular weight excluding hydrogens is 408 g/mol. The molecule has 0 radical (unpaired) electrons. The number of nitriles is 2. The predicted octanol–water partition coefficient (Wildman–Crippen LogP) is 4.98. The number of para-hydroxylation sites is 1. The first-order chi connectivity index (χ1) is 16.0. The highest BCUT2D eigenvalue weighted by atomic mass is 16.1. The van der Waals surface area contributed by atoms with Gasteiger partial charge in [-0.15, -0.1) is 0 Å². The summed E-state index contributed by atoms with van der Waals surface area (Å²) in [5.74, 6) is -0.765. The maximum absolute atomic E-state index is 14.2. The minimum Gasteiger partial charge on any atom is -0.351 e. The van der Waals surface area contributed by atoms with Crippen LogP contribution in [0.3, 0.4) is 0 Å². The molecule has 33 heavy (non-hydrogen) atoms. The minimum absolute atomic E-state index is 0.0937. The zero-order valence-corrected chi connectivity index (χ0v) is 18.4. The van der Waals surface area contributed by atoms with Gasteiger partial charge in [-0.1, -0.05) is 60.2 Å². The average Bonchev–Trinajstić information content (AvgIpc) is 3.15. The second-order valence-corrected chi connectivity index (χ2v) is 8.75. The first-order valence-corrected chi connectivity index (χ1v) is 10.9. The molecule has 1 fully saturated rings. The number of Topliss-reactive ketones (excluding diaryl/α,β-unsaturated/α-hetero) is 1. The zero-order valence-electron chi connectivity index (χ0n) is 18.4. The topological polar surface area (TPSA) is 80.8 Å². The van der Waals surface area contributed by atoms with Crippen molar-refractivity contribution in [3.05, 3.63) is 101 Å². The number of pyridine rings is 1. The maximum atomic E-state index is 14.2. The van der Waals surface area contributed by atoms with Crippen molar-refractivity contribution in [2.45, 2.75) is 31.8 Å². The van der Waals surface area contributed by atoms with Gasteiger partial charge < -0.3 is 4.90 Å². The third-order valence-electron chi connectivity index (χ3n) is 6.87. The summed E-state index contributed by atoms with van der Waals surface area (Å²) < 4.78 is 0. The number of fused-ring (bicyclic) bond motifs is 3. The lowest BCUT2D eigenvalue weighted by atomic mass is 9.69. The summed E-state index contributed by atoms with van der Waals surface area (Å²) in [5, 5.41) is 20.9. The molecule has 0 N–H and O–H groups in total. The number of anilines is 1. The number of hydrogen-bond donors (Lipinski definition) is 0. The van der Waals surface area contributed by atoms with E-state index < -0.39 is 23.4 Å². The average molecular weight is 431 g/mol. The zero-order chi connectivity index (χ0) is 23.2. The monoisotopic (exact) mass is 430 g/mol. The van der Waals surface area contributed by atoms with Gasteiger partial charge in [0.25, 0.3) is 0 Å². The third kappa shape index (κ3) is 2.97. The van der Waals surface area contributed by atoms with Gasteiger partial charge in [-0.2, -0.15) is 10.5 Å². The second-order valence-electron chi connectivity index (χ2n) is 8.75. The summed E-state index contributed by atoms with van der Waals surface area (Å²) in [5.41, 5.74) is 3.64. The number of benzene rings is 2. The van der Waals surface area contributed by atoms with Crippen LogP contribution in [-0.4, -0.2) is 22.9 Å². The highest BCUT2D eigenvalue weighted by Crippen LogP contribution is 2.55. The fourth-order valence-electron chi connectivity index (χ4n) is 5.42. The van der Waals surface area contributed by atoms with Gasteiger partial charge in [0.05, 0.1) is 18.2 Å². The third-order valence-corrected chi connectivity index (χ3v) is 6.87. The first-order valence-electron chi connectivity index (χ1n) is 10.9. The number of carbonyl (C=O) groups is 1. The van der Waals surface area contributed by atoms with Crippen molar-refractivity contribution in [2.24, 2.45) is 5.41 Å². The van der Waals surface area contributed by atoms with E-state index in [0.717, 1.165) is 22.4 Å². The largest absolute Gasteiger partial charge is 0.351 e. The van der Waals surface area contributed by atoms with Crippen LogP contribution >= 0.6 is 0 Å². The lowest BCUT2D eigenvalue weighted by molar-refractivity contribution is 0.0950. The summed E-state index contributed by atoms with van der Waals surface area (Å²) >= 11 is 0. The summed E-state index contributed by atoms with van der Waals surface area (Å²) in [4.78, 5) is 20.5. The number of rotatable bonds is 3. The van der Waals surface area contributed by atoms with E-state index in [2.05, 4.69) is 17.1 Å². The van der Waals surface area contributed by atoms with E-state index in [-0.39, 0.29) is 5.78 Å². The molecule has 0 spiro atoms. The number of aromatic nitrogens is 1. The Labute approximate surface area is 193 Å². The van der Waals surface area contributed by atoms with Crippen LogP contribution < -0.4 is 4.90 Å². The summed E-state index contributed by atoms with van der Waals surface area (Å²) in [6, 6.07) is 20.6. The highest BCUT2D eigenvalue weighted by molar-refractivity contribution is 6.05. The number of nitrogens with zero attached hydrogens (tertiary/aromatic N) is 4. The van der Waals surface area contributed by atoms with E-state index in [1.807, 2.05) is 79.4 Å². The Morgan fingerprint density at radius 1 is 1.06 bits per heavy atom. The number of ketones is 1. The molecule has 3 heterocycles. The number of aryl methyl sites for hydroxylation is 2. The molecule has 3 aromatic rings. The Morgan fingerprint density at radius 2 is 1.85 bits per heavy atom. The van der Waals surface area contributed by atoms with Crippen LogP contribution in [-0.2, 0) is 0 Å². The van der Waals surface area contributed by atoms with Crippen LogP contribution in [0.15, 0.2) is 73.1 Å². The Morgan fingerprint density at radius 3 is 2.55 bits per heavy atom. The normalized spacial score (nSPS) is 22.1. The molecule has 2 aliphatic rings. The predicted molar refractivity (Wildman–Crippen MR) is 126 cm³/mol. The van der Waals surface area contributed by atoms with Gasteiger partial charge in [0.1, 0.15) is 6.04 Å². The molecule has 5 heteroatoms. The van der Waals surface area contributed by atoms with Crippen LogP contribution in [0.25, 0.3) is 6.08 Å². The molecule has 1 saturated heterocycles. The fraction of sp³-hybridized carbons (Fsp3) is 0.214. The highest BCUT2D eigenvalue weighted by Gasteiger charge is 2.63. The lowest BCUT2D eigenvalue weighted by Gasteiger charge is -2.35. The molecule has 0 saturated carbocycles. The van der Waals surface area contributed by atoms with Crippen LogP contribution in [0, 0.1) is 41.9 Å². The van der Waals surface area contributed by atoms with E-state index in [4.69, 9.17) is 0 Å². The van der Waals surface area contributed by atoms with E-state index in [1.54, 1.807) is 18.5 Å². The minimum atomic E-state index is -1.45. The Bertz CT molecular complexity index is 1350. The van der Waals surface area contributed by atoms with Gasteiger partial charge in [0.15, 0.2) is 11.2 Å². The summed E-state index contributed by atoms with van der Waals surface area (Å²) in [6.07, 6.45) is 7.17. The molecule has 0 bridgehead atoms. The molecule has 2 aromatic carbocycles. The first kappa shape index (κ1) is 20.7. The standard InChI is InChI=1S/C28H22N4O/c1-18-9-11-22(19(2)14-18)27(33)26-25(21-7-5-13-31-15-21)28(16-29,17-30)24-12-10-20-6-3-4-8-23(20)32(24)26/h3-15,24-26H,1-2H3. The molecule has 160 valence electrons. The Kier molecular flexibility index (Phi) is 4.84. The van der Waals surface area contributed by atoms with Crippen molar-refractivity contribution in [3.8, 4) is 12.1 Å². The molecule has 1 aromatic heterocycles. The van der Waals surface area contributed by atoms with E-state index in [0.29, 0.717) is 11.1 Å². The van der Waals surface area contributed by atoms with Crippen molar-refractivity contribution < 1.29 is 4.79 Å². The van der Waals surface area contributed by atoms with Crippen LogP contribution in [0.5, 0.6) is 0 Å². The molecule has 2 aliphatic heterocycles. The SMILES string of the molecule is Cc1ccc(C(=O)C2C(c3cccnc3)C(C#N)(C#N)C3C=Cc4ccccc4N23)c(C)c1. The lowest BCUT2D eigenvalue weighted by Crippen LogP contribution is -2.44. The van der Waals surface area contributed by atoms with Crippen LogP contribution in [0.1, 0.15) is 38.5 Å². The molecule has 0 amide bonds. The van der Waals surface area contributed by atoms with E-state index in [9.17, 15) is 15.3 Å². The van der Waals surface area contributed by atoms with Crippen LogP contribution in [0.2, 0.25) is 0 Å². The molecular formula is C28H22N4O. The van der Waals surface area contributed by atoms with E-state index >= 15 is 0 Å². The van der Waals surface area contributed by atoms with Crippen molar-refractivity contribution in [1.82, 2.24) is 4.98 Å². The summed E-state index contributed by atoms with van der Waals surface area (Å²) in [7, 11) is 0. The van der Waals surface area contributed by atoms with Crippen molar-refractivity contribution >= 4 is 17.5 Å².